The number of azo groups is 1. The number of aromatic nitrogens is 2. The number of anilines is 2. The Morgan fingerprint density at radius 3 is 2.21 bits per heavy atom. The summed E-state index contributed by atoms with van der Waals surface area (Å²) in [6.07, 6.45) is 0. The molecule has 0 atom stereocenters. The number of rotatable bonds is 6. The molecule has 0 radical (unpaired) electrons. The molecule has 0 spiro atoms. The summed E-state index contributed by atoms with van der Waals surface area (Å²) in [6, 6.07) is 22.2. The average Bonchev–Trinajstić information content (AvgIpc) is 3.11. The molecule has 0 bridgehead atoms. The molecule has 0 saturated carbocycles. The molecule has 33 heavy (non-hydrogen) atoms. The van der Waals surface area contributed by atoms with Crippen LogP contribution >= 0.6 is 11.6 Å². The van der Waals surface area contributed by atoms with Crippen molar-refractivity contribution in [2.24, 2.45) is 10.2 Å². The van der Waals surface area contributed by atoms with Gasteiger partial charge in [-0.25, -0.2) is 13.1 Å². The summed E-state index contributed by atoms with van der Waals surface area (Å²) in [4.78, 5) is 0.131. The highest BCUT2D eigenvalue weighted by Crippen LogP contribution is 2.31. The Kier molecular flexibility index (Phi) is 6.17. The number of nitrogens with two attached hydrogens (primary N) is 1. The van der Waals surface area contributed by atoms with E-state index in [0.29, 0.717) is 33.6 Å². The third kappa shape index (κ3) is 4.59. The molecule has 0 aliphatic rings. The van der Waals surface area contributed by atoms with Crippen LogP contribution in [0.25, 0.3) is 5.69 Å². The van der Waals surface area contributed by atoms with Gasteiger partial charge < -0.3 is 5.73 Å². The van der Waals surface area contributed by atoms with E-state index in [2.05, 4.69) is 15.3 Å². The zero-order valence-electron chi connectivity index (χ0n) is 17.9. The number of hydrogen-bond acceptors (Lipinski definition) is 6. The average molecular weight is 481 g/mol. The Balaban J connectivity index is 1.56. The largest absolute Gasteiger partial charge is 0.382 e. The van der Waals surface area contributed by atoms with Crippen LogP contribution in [0, 0.1) is 6.92 Å². The maximum atomic E-state index is 12.9. The van der Waals surface area contributed by atoms with Crippen LogP contribution in [-0.2, 0) is 10.0 Å². The molecular formula is C23H21ClN6O2S. The lowest BCUT2D eigenvalue weighted by molar-refractivity contribution is 0.594. The van der Waals surface area contributed by atoms with E-state index in [-0.39, 0.29) is 4.90 Å². The van der Waals surface area contributed by atoms with Gasteiger partial charge in [-0.05, 0) is 67.6 Å². The highest BCUT2D eigenvalue weighted by molar-refractivity contribution is 7.92. The highest BCUT2D eigenvalue weighted by atomic mass is 35.5. The van der Waals surface area contributed by atoms with Crippen LogP contribution in [0.2, 0.25) is 5.02 Å². The van der Waals surface area contributed by atoms with Crippen molar-refractivity contribution in [3.63, 3.8) is 0 Å². The molecule has 1 heterocycles. The molecule has 4 aromatic rings. The van der Waals surface area contributed by atoms with Gasteiger partial charge in [0.05, 0.1) is 27.7 Å². The third-order valence-electron chi connectivity index (χ3n) is 5.02. The second kappa shape index (κ2) is 9.05. The van der Waals surface area contributed by atoms with Gasteiger partial charge in [-0.3, -0.25) is 4.31 Å². The predicted molar refractivity (Wildman–Crippen MR) is 130 cm³/mol. The lowest BCUT2D eigenvalue weighted by atomic mass is 10.3. The molecule has 0 saturated heterocycles. The number of hydrogen-bond donors (Lipinski definition) is 1. The van der Waals surface area contributed by atoms with Crippen molar-refractivity contribution in [3.8, 4) is 5.69 Å². The summed E-state index contributed by atoms with van der Waals surface area (Å²) >= 11 is 5.89. The second-order valence-corrected chi connectivity index (χ2v) is 9.62. The maximum absolute atomic E-state index is 12.9. The van der Waals surface area contributed by atoms with E-state index < -0.39 is 10.0 Å². The van der Waals surface area contributed by atoms with Crippen molar-refractivity contribution in [2.75, 3.05) is 17.1 Å². The molecule has 10 heteroatoms. The Hall–Kier alpha value is -3.69. The minimum atomic E-state index is -3.74. The zero-order chi connectivity index (χ0) is 23.6. The van der Waals surface area contributed by atoms with Crippen LogP contribution < -0.4 is 10.0 Å². The smallest absolute Gasteiger partial charge is 0.264 e. The van der Waals surface area contributed by atoms with E-state index in [1.54, 1.807) is 48.0 Å². The minimum Gasteiger partial charge on any atom is -0.382 e. The number of para-hydroxylation sites is 1. The molecule has 0 aliphatic carbocycles. The van der Waals surface area contributed by atoms with Crippen molar-refractivity contribution >= 4 is 44.5 Å². The third-order valence-corrected chi connectivity index (χ3v) is 7.07. The number of benzene rings is 3. The summed E-state index contributed by atoms with van der Waals surface area (Å²) in [7, 11) is -2.26. The Labute approximate surface area is 197 Å². The monoisotopic (exact) mass is 480 g/mol. The molecule has 1 aromatic heterocycles. The van der Waals surface area contributed by atoms with Crippen LogP contribution in [0.15, 0.2) is 94.0 Å². The summed E-state index contributed by atoms with van der Waals surface area (Å²) in [5, 5.41) is 13.4. The predicted octanol–water partition coefficient (Wildman–Crippen LogP) is 5.66. The summed E-state index contributed by atoms with van der Waals surface area (Å²) in [6.45, 7) is 1.80. The SMILES string of the molecule is Cc1nn(-c2ccccc2)c(N)c1/N=N/c1ccc(S(=O)(=O)N(C)c2ccc(Cl)cc2)cc1. The lowest BCUT2D eigenvalue weighted by Crippen LogP contribution is -2.26. The van der Waals surface area contributed by atoms with Crippen molar-refractivity contribution in [2.45, 2.75) is 11.8 Å². The van der Waals surface area contributed by atoms with Crippen molar-refractivity contribution < 1.29 is 8.42 Å². The van der Waals surface area contributed by atoms with E-state index in [9.17, 15) is 8.42 Å². The van der Waals surface area contributed by atoms with E-state index in [4.69, 9.17) is 17.3 Å². The molecule has 8 nitrogen and oxygen atoms in total. The summed E-state index contributed by atoms with van der Waals surface area (Å²) in [5.41, 5.74) is 9.12. The summed E-state index contributed by atoms with van der Waals surface area (Å²) < 4.78 is 28.7. The first-order valence-electron chi connectivity index (χ1n) is 9.94. The first-order valence-corrected chi connectivity index (χ1v) is 11.8. The van der Waals surface area contributed by atoms with E-state index in [0.717, 1.165) is 5.69 Å². The fourth-order valence-electron chi connectivity index (χ4n) is 3.17. The maximum Gasteiger partial charge on any atom is 0.264 e. The van der Waals surface area contributed by atoms with Gasteiger partial charge in [0.15, 0.2) is 11.5 Å². The van der Waals surface area contributed by atoms with Crippen molar-refractivity contribution in [1.82, 2.24) is 9.78 Å². The first-order chi connectivity index (χ1) is 15.8. The molecule has 2 N–H and O–H groups in total. The number of nitrogen functional groups attached to an aromatic ring is 1. The number of sulfonamides is 1. The fourth-order valence-corrected chi connectivity index (χ4v) is 4.49. The van der Waals surface area contributed by atoms with Gasteiger partial charge in [0, 0.05) is 12.1 Å². The normalized spacial score (nSPS) is 11.7. The van der Waals surface area contributed by atoms with Crippen LogP contribution in [0.4, 0.5) is 22.9 Å². The Morgan fingerprint density at radius 2 is 1.58 bits per heavy atom. The van der Waals surface area contributed by atoms with Crippen LogP contribution in [0.5, 0.6) is 0 Å². The van der Waals surface area contributed by atoms with Crippen LogP contribution in [-0.4, -0.2) is 25.2 Å². The lowest BCUT2D eigenvalue weighted by Gasteiger charge is -2.19. The summed E-state index contributed by atoms with van der Waals surface area (Å²) in [5.74, 6) is 0.367. The standard InChI is InChI=1S/C23H21ClN6O2S/c1-16-22(23(25)30(28-16)20-6-4-3-5-7-20)27-26-18-10-14-21(15-11-18)33(31,32)29(2)19-12-8-17(24)9-13-19/h3-15H,25H2,1-2H3/b27-26+. The van der Waals surface area contributed by atoms with Gasteiger partial charge in [0.2, 0.25) is 0 Å². The molecule has 0 unspecified atom stereocenters. The number of nitrogens with zero attached hydrogens (tertiary/aromatic N) is 5. The van der Waals surface area contributed by atoms with Gasteiger partial charge in [-0.15, -0.1) is 5.11 Å². The fraction of sp³-hybridized carbons (Fsp3) is 0.0870. The van der Waals surface area contributed by atoms with Crippen molar-refractivity contribution in [3.05, 3.63) is 89.6 Å². The van der Waals surface area contributed by atoms with Crippen LogP contribution in [0.3, 0.4) is 0 Å². The van der Waals surface area contributed by atoms with E-state index in [1.165, 1.54) is 23.5 Å². The van der Waals surface area contributed by atoms with Gasteiger partial charge in [-0.2, -0.15) is 10.2 Å². The quantitative estimate of drug-likeness (QED) is 0.359. The molecule has 168 valence electrons. The molecule has 4 rings (SSSR count). The molecule has 0 fully saturated rings. The molecule has 0 amide bonds. The van der Waals surface area contributed by atoms with Gasteiger partial charge in [0.25, 0.3) is 10.0 Å². The first kappa shape index (κ1) is 22.5. The topological polar surface area (TPSA) is 106 Å². The van der Waals surface area contributed by atoms with Crippen molar-refractivity contribution in [1.29, 1.82) is 0 Å². The molecule has 0 aliphatic heterocycles. The Bertz CT molecular complexity index is 1400. The van der Waals surface area contributed by atoms with Gasteiger partial charge in [-0.1, -0.05) is 29.8 Å². The molecule has 3 aromatic carbocycles. The van der Waals surface area contributed by atoms with Crippen LogP contribution in [0.1, 0.15) is 5.69 Å². The number of halogens is 1. The highest BCUT2D eigenvalue weighted by Gasteiger charge is 2.21. The van der Waals surface area contributed by atoms with E-state index in [1.807, 2.05) is 30.3 Å². The number of aryl methyl sites for hydroxylation is 1. The van der Waals surface area contributed by atoms with Gasteiger partial charge in [0.1, 0.15) is 0 Å². The van der Waals surface area contributed by atoms with Gasteiger partial charge >= 0.3 is 0 Å². The molecular weight excluding hydrogens is 460 g/mol. The minimum absolute atomic E-state index is 0.131. The zero-order valence-corrected chi connectivity index (χ0v) is 19.5. The Morgan fingerprint density at radius 1 is 0.939 bits per heavy atom. The second-order valence-electron chi connectivity index (χ2n) is 7.21. The van der Waals surface area contributed by atoms with E-state index >= 15 is 0 Å².